The fourth-order valence-electron chi connectivity index (χ4n) is 2.26. The Hall–Kier alpha value is -1.75. The van der Waals surface area contributed by atoms with Crippen molar-refractivity contribution >= 4 is 0 Å². The van der Waals surface area contributed by atoms with Crippen molar-refractivity contribution in [3.8, 4) is 11.5 Å². The van der Waals surface area contributed by atoms with Gasteiger partial charge in [0.2, 0.25) is 11.7 Å². The smallest absolute Gasteiger partial charge is 0.228 e. The van der Waals surface area contributed by atoms with Crippen molar-refractivity contribution in [1.29, 1.82) is 0 Å². The molecule has 0 amide bonds. The number of hydrogen-bond acceptors (Lipinski definition) is 5. The van der Waals surface area contributed by atoms with E-state index in [0.717, 1.165) is 24.2 Å². The second-order valence-corrected chi connectivity index (χ2v) is 6.36. The zero-order chi connectivity index (χ0) is 15.5. The highest BCUT2D eigenvalue weighted by Crippen LogP contribution is 2.23. The summed E-state index contributed by atoms with van der Waals surface area (Å²) in [6.07, 6.45) is 2.46. The predicted octanol–water partition coefficient (Wildman–Crippen LogP) is 3.01. The molecule has 0 bridgehead atoms. The lowest BCUT2D eigenvalue weighted by Gasteiger charge is -2.30. The number of nitrogens with zero attached hydrogens (tertiary/aromatic N) is 3. The normalized spacial score (nSPS) is 13.4. The van der Waals surface area contributed by atoms with Gasteiger partial charge in [0.1, 0.15) is 5.69 Å². The zero-order valence-electron chi connectivity index (χ0n) is 13.5. The molecule has 0 aliphatic heterocycles. The maximum atomic E-state index is 5.40. The van der Waals surface area contributed by atoms with Crippen molar-refractivity contribution in [1.82, 2.24) is 20.4 Å². The lowest BCUT2D eigenvalue weighted by molar-refractivity contribution is 0.247. The van der Waals surface area contributed by atoms with Crippen LogP contribution < -0.4 is 5.32 Å². The Balaban J connectivity index is 2.18. The average Bonchev–Trinajstić information content (AvgIpc) is 2.86. The van der Waals surface area contributed by atoms with Crippen LogP contribution in [0.4, 0.5) is 0 Å². The van der Waals surface area contributed by atoms with Gasteiger partial charge in [-0.2, -0.15) is 4.98 Å². The van der Waals surface area contributed by atoms with Crippen LogP contribution in [0.3, 0.4) is 0 Å². The molecule has 0 aromatic carbocycles. The molecule has 0 spiro atoms. The molecule has 5 nitrogen and oxygen atoms in total. The van der Waals surface area contributed by atoms with Crippen LogP contribution >= 0.6 is 0 Å². The third-order valence-electron chi connectivity index (χ3n) is 3.56. The molecule has 0 fully saturated rings. The van der Waals surface area contributed by atoms with E-state index in [2.05, 4.69) is 48.1 Å². The van der Waals surface area contributed by atoms with E-state index in [-0.39, 0.29) is 5.41 Å². The quantitative estimate of drug-likeness (QED) is 0.916. The average molecular weight is 288 g/mol. The summed E-state index contributed by atoms with van der Waals surface area (Å²) in [4.78, 5) is 8.82. The van der Waals surface area contributed by atoms with E-state index in [1.54, 1.807) is 6.20 Å². The van der Waals surface area contributed by atoms with Crippen LogP contribution in [0.2, 0.25) is 0 Å². The third-order valence-corrected chi connectivity index (χ3v) is 3.56. The topological polar surface area (TPSA) is 63.8 Å². The van der Waals surface area contributed by atoms with Crippen LogP contribution in [0.15, 0.2) is 22.9 Å². The van der Waals surface area contributed by atoms with Gasteiger partial charge in [0, 0.05) is 18.7 Å². The number of aromatic nitrogens is 3. The molecule has 114 valence electrons. The van der Waals surface area contributed by atoms with Gasteiger partial charge < -0.3 is 9.84 Å². The molecule has 1 unspecified atom stereocenters. The van der Waals surface area contributed by atoms with Crippen LogP contribution in [0.5, 0.6) is 0 Å². The summed E-state index contributed by atoms with van der Waals surface area (Å²) >= 11 is 0. The first-order chi connectivity index (χ1) is 9.91. The molecule has 2 heterocycles. The molecule has 1 N–H and O–H groups in total. The lowest BCUT2D eigenvalue weighted by Crippen LogP contribution is -2.41. The van der Waals surface area contributed by atoms with Crippen LogP contribution in [0, 0.1) is 12.3 Å². The summed E-state index contributed by atoms with van der Waals surface area (Å²) in [6, 6.07) is 4.19. The summed E-state index contributed by atoms with van der Waals surface area (Å²) in [5.74, 6) is 1.21. The number of rotatable bonds is 5. The molecule has 2 aromatic rings. The molecule has 2 rings (SSSR count). The highest BCUT2D eigenvalue weighted by molar-refractivity contribution is 5.53. The fourth-order valence-corrected chi connectivity index (χ4v) is 2.26. The number of hydrogen-bond donors (Lipinski definition) is 1. The molecule has 21 heavy (non-hydrogen) atoms. The van der Waals surface area contributed by atoms with Gasteiger partial charge in [-0.05, 0) is 30.5 Å². The number of pyridine rings is 1. The fraction of sp³-hybridized carbons (Fsp3) is 0.562. The van der Waals surface area contributed by atoms with Crippen molar-refractivity contribution in [2.45, 2.75) is 47.1 Å². The van der Waals surface area contributed by atoms with E-state index in [1.165, 1.54) is 0 Å². The molecule has 2 aromatic heterocycles. The molecule has 0 saturated heterocycles. The maximum absolute atomic E-state index is 5.40. The highest BCUT2D eigenvalue weighted by Gasteiger charge is 2.26. The van der Waals surface area contributed by atoms with Crippen molar-refractivity contribution in [2.24, 2.45) is 5.41 Å². The Kier molecular flexibility index (Phi) is 4.73. The Bertz CT molecular complexity index is 586. The monoisotopic (exact) mass is 288 g/mol. The van der Waals surface area contributed by atoms with E-state index in [0.29, 0.717) is 17.8 Å². The van der Waals surface area contributed by atoms with Gasteiger partial charge in [0.05, 0.1) is 0 Å². The lowest BCUT2D eigenvalue weighted by atomic mass is 9.84. The summed E-state index contributed by atoms with van der Waals surface area (Å²) in [7, 11) is 0. The minimum Gasteiger partial charge on any atom is -0.339 e. The van der Waals surface area contributed by atoms with Gasteiger partial charge in [0.15, 0.2) is 0 Å². The highest BCUT2D eigenvalue weighted by atomic mass is 16.5. The largest absolute Gasteiger partial charge is 0.339 e. The summed E-state index contributed by atoms with van der Waals surface area (Å²) in [5, 5.41) is 7.55. The van der Waals surface area contributed by atoms with Gasteiger partial charge in [-0.1, -0.05) is 38.9 Å². The van der Waals surface area contributed by atoms with Crippen LogP contribution in [-0.2, 0) is 6.42 Å². The molecule has 5 heteroatoms. The molecule has 0 aliphatic rings. The van der Waals surface area contributed by atoms with Crippen molar-refractivity contribution < 1.29 is 4.52 Å². The maximum Gasteiger partial charge on any atom is 0.228 e. The summed E-state index contributed by atoms with van der Waals surface area (Å²) in [6.45, 7) is 11.6. The first kappa shape index (κ1) is 15.6. The van der Waals surface area contributed by atoms with Crippen LogP contribution in [0.1, 0.15) is 39.1 Å². The zero-order valence-corrected chi connectivity index (χ0v) is 13.5. The minimum absolute atomic E-state index is 0.131. The Labute approximate surface area is 126 Å². The summed E-state index contributed by atoms with van der Waals surface area (Å²) < 4.78 is 5.40. The van der Waals surface area contributed by atoms with Crippen molar-refractivity contribution in [2.75, 3.05) is 6.54 Å². The number of aryl methyl sites for hydroxylation is 1. The van der Waals surface area contributed by atoms with E-state index in [9.17, 15) is 0 Å². The summed E-state index contributed by atoms with van der Waals surface area (Å²) in [5.41, 5.74) is 1.96. The minimum atomic E-state index is 0.131. The molecular weight excluding hydrogens is 264 g/mol. The van der Waals surface area contributed by atoms with E-state index in [4.69, 9.17) is 4.52 Å². The molecule has 1 atom stereocenters. The Morgan fingerprint density at radius 2 is 2.10 bits per heavy atom. The second kappa shape index (κ2) is 6.35. The SMILES string of the molecule is CCNC(Cc1nc(-c2ncccc2C)no1)C(C)(C)C. The Morgan fingerprint density at radius 1 is 1.33 bits per heavy atom. The molecular formula is C16H24N4O. The first-order valence-corrected chi connectivity index (χ1v) is 7.39. The van der Waals surface area contributed by atoms with Crippen molar-refractivity contribution in [3.05, 3.63) is 29.8 Å². The van der Waals surface area contributed by atoms with Gasteiger partial charge in [0.25, 0.3) is 0 Å². The second-order valence-electron chi connectivity index (χ2n) is 6.36. The van der Waals surface area contributed by atoms with E-state index < -0.39 is 0 Å². The standard InChI is InChI=1S/C16H24N4O/c1-6-17-12(16(3,4)5)10-13-19-15(20-21-13)14-11(2)8-7-9-18-14/h7-9,12,17H,6,10H2,1-5H3. The van der Waals surface area contributed by atoms with Crippen molar-refractivity contribution in [3.63, 3.8) is 0 Å². The van der Waals surface area contributed by atoms with Gasteiger partial charge in [-0.25, -0.2) is 0 Å². The molecule has 0 radical (unpaired) electrons. The van der Waals surface area contributed by atoms with E-state index in [1.807, 2.05) is 19.1 Å². The number of likely N-dealkylation sites (N-methyl/N-ethyl adjacent to an activating group) is 1. The van der Waals surface area contributed by atoms with Crippen LogP contribution in [-0.4, -0.2) is 27.7 Å². The molecule has 0 aliphatic carbocycles. The van der Waals surface area contributed by atoms with Crippen LogP contribution in [0.25, 0.3) is 11.5 Å². The predicted molar refractivity (Wildman–Crippen MR) is 82.9 cm³/mol. The van der Waals surface area contributed by atoms with Gasteiger partial charge in [-0.15, -0.1) is 0 Å². The van der Waals surface area contributed by atoms with Gasteiger partial charge >= 0.3 is 0 Å². The Morgan fingerprint density at radius 3 is 2.71 bits per heavy atom. The number of nitrogens with one attached hydrogen (secondary N) is 1. The first-order valence-electron chi connectivity index (χ1n) is 7.39. The molecule has 0 saturated carbocycles. The van der Waals surface area contributed by atoms with E-state index >= 15 is 0 Å². The third kappa shape index (κ3) is 3.88. The van der Waals surface area contributed by atoms with Gasteiger partial charge in [-0.3, -0.25) is 4.98 Å².